The maximum atomic E-state index is 12.0. The van der Waals surface area contributed by atoms with Crippen molar-refractivity contribution in [1.29, 1.82) is 0 Å². The number of carbonyl (C=O) groups excluding carboxylic acids is 1. The summed E-state index contributed by atoms with van der Waals surface area (Å²) in [6.07, 6.45) is 0.991. The van der Waals surface area contributed by atoms with Gasteiger partial charge in [-0.2, -0.15) is 0 Å². The molecule has 0 aliphatic heterocycles. The lowest BCUT2D eigenvalue weighted by Crippen LogP contribution is -2.38. The molecule has 0 spiro atoms. The molecule has 7 heteroatoms. The van der Waals surface area contributed by atoms with E-state index < -0.39 is 0 Å². The highest BCUT2D eigenvalue weighted by molar-refractivity contribution is 7.80. The van der Waals surface area contributed by atoms with E-state index in [2.05, 4.69) is 24.5 Å². The second-order valence-electron chi connectivity index (χ2n) is 6.13. The summed E-state index contributed by atoms with van der Waals surface area (Å²) in [6.45, 7) is 5.46. The van der Waals surface area contributed by atoms with E-state index in [-0.39, 0.29) is 5.91 Å². The van der Waals surface area contributed by atoms with Gasteiger partial charge in [-0.1, -0.05) is 26.0 Å². The number of hydrogen-bond donors (Lipinski definition) is 2. The van der Waals surface area contributed by atoms with Crippen LogP contribution in [0.5, 0.6) is 11.5 Å². The number of carbonyl (C=O) groups is 1. The minimum atomic E-state index is -0.205. The fourth-order valence-corrected chi connectivity index (χ4v) is 2.93. The van der Waals surface area contributed by atoms with E-state index in [0.717, 1.165) is 17.7 Å². The molecule has 1 aromatic carbocycles. The van der Waals surface area contributed by atoms with E-state index in [1.165, 1.54) is 11.3 Å². The van der Waals surface area contributed by atoms with Crippen molar-refractivity contribution in [3.8, 4) is 11.5 Å². The van der Waals surface area contributed by atoms with Gasteiger partial charge in [0, 0.05) is 6.54 Å². The van der Waals surface area contributed by atoms with Gasteiger partial charge >= 0.3 is 0 Å². The molecule has 0 bridgehead atoms. The van der Waals surface area contributed by atoms with E-state index in [1.807, 2.05) is 29.6 Å². The summed E-state index contributed by atoms with van der Waals surface area (Å²) in [6, 6.07) is 9.33. The van der Waals surface area contributed by atoms with Crippen molar-refractivity contribution < 1.29 is 14.3 Å². The quantitative estimate of drug-likeness (QED) is 0.666. The molecule has 2 aromatic rings. The van der Waals surface area contributed by atoms with Crippen LogP contribution in [0.1, 0.15) is 35.5 Å². The highest BCUT2D eigenvalue weighted by Crippen LogP contribution is 2.28. The molecule has 0 atom stereocenters. The molecule has 0 saturated heterocycles. The summed E-state index contributed by atoms with van der Waals surface area (Å²) in [4.78, 5) is 12.6. The molecule has 0 aliphatic rings. The molecule has 1 amide bonds. The van der Waals surface area contributed by atoms with Crippen LogP contribution >= 0.6 is 23.6 Å². The predicted molar refractivity (Wildman–Crippen MR) is 109 cm³/mol. The van der Waals surface area contributed by atoms with Gasteiger partial charge in [0.05, 0.1) is 18.6 Å². The molecule has 5 nitrogen and oxygen atoms in total. The fourth-order valence-electron chi connectivity index (χ4n) is 2.14. The molecule has 0 radical (unpaired) electrons. The fraction of sp³-hybridized carbons (Fsp3) is 0.368. The number of benzene rings is 1. The lowest BCUT2D eigenvalue weighted by atomic mass is 10.1. The summed E-state index contributed by atoms with van der Waals surface area (Å²) in [7, 11) is 1.62. The molecule has 2 rings (SSSR count). The van der Waals surface area contributed by atoms with Crippen molar-refractivity contribution in [3.05, 3.63) is 46.2 Å². The van der Waals surface area contributed by atoms with Crippen LogP contribution in [0.15, 0.2) is 35.7 Å². The highest BCUT2D eigenvalue weighted by Gasteiger charge is 2.10. The molecular formula is C19H24N2O3S2. The van der Waals surface area contributed by atoms with Crippen LogP contribution < -0.4 is 20.1 Å². The van der Waals surface area contributed by atoms with Crippen molar-refractivity contribution in [2.75, 3.05) is 13.7 Å². The van der Waals surface area contributed by atoms with E-state index in [1.54, 1.807) is 13.2 Å². The molecule has 1 heterocycles. The van der Waals surface area contributed by atoms with Gasteiger partial charge in [-0.3, -0.25) is 10.1 Å². The lowest BCUT2D eigenvalue weighted by molar-refractivity contribution is 0.0980. The summed E-state index contributed by atoms with van der Waals surface area (Å²) in [5, 5.41) is 7.84. The normalized spacial score (nSPS) is 10.5. The average molecular weight is 393 g/mol. The topological polar surface area (TPSA) is 59.6 Å². The minimum Gasteiger partial charge on any atom is -0.493 e. The lowest BCUT2D eigenvalue weighted by Gasteiger charge is -2.14. The smallest absolute Gasteiger partial charge is 0.267 e. The zero-order chi connectivity index (χ0) is 18.9. The van der Waals surface area contributed by atoms with Crippen molar-refractivity contribution in [3.63, 3.8) is 0 Å². The Morgan fingerprint density at radius 3 is 2.73 bits per heavy atom. The molecule has 0 saturated carbocycles. The monoisotopic (exact) mass is 392 g/mol. The zero-order valence-corrected chi connectivity index (χ0v) is 16.8. The van der Waals surface area contributed by atoms with E-state index in [9.17, 15) is 4.79 Å². The van der Waals surface area contributed by atoms with Gasteiger partial charge in [0.1, 0.15) is 0 Å². The predicted octanol–water partition coefficient (Wildman–Crippen LogP) is 3.99. The summed E-state index contributed by atoms with van der Waals surface area (Å²) in [5.41, 5.74) is 0.978. The number of ether oxygens (including phenoxy) is 2. The number of hydrogen-bond acceptors (Lipinski definition) is 5. The molecule has 0 aliphatic carbocycles. The molecule has 1 aromatic heterocycles. The first-order valence-electron chi connectivity index (χ1n) is 8.42. The second-order valence-corrected chi connectivity index (χ2v) is 7.49. The van der Waals surface area contributed by atoms with E-state index >= 15 is 0 Å². The first-order chi connectivity index (χ1) is 12.5. The van der Waals surface area contributed by atoms with Crippen molar-refractivity contribution in [2.45, 2.75) is 26.8 Å². The number of nitrogens with one attached hydrogen (secondary N) is 2. The van der Waals surface area contributed by atoms with Gasteiger partial charge in [0.15, 0.2) is 16.6 Å². The highest BCUT2D eigenvalue weighted by atomic mass is 32.1. The van der Waals surface area contributed by atoms with Crippen LogP contribution in [-0.4, -0.2) is 24.7 Å². The third kappa shape index (κ3) is 6.31. The summed E-state index contributed by atoms with van der Waals surface area (Å²) >= 11 is 6.55. The standard InChI is InChI=1S/C19H24N2O3S2/c1-13(2)8-9-24-15-7-6-14(11-16(15)23-3)12-20-19(25)21-18(22)17-5-4-10-26-17/h4-7,10-11,13H,8-9,12H2,1-3H3,(H2,20,21,22,25). The molecule has 26 heavy (non-hydrogen) atoms. The summed E-state index contributed by atoms with van der Waals surface area (Å²) < 4.78 is 11.2. The van der Waals surface area contributed by atoms with Crippen LogP contribution in [0, 0.1) is 5.92 Å². The van der Waals surface area contributed by atoms with Gasteiger partial charge in [0.25, 0.3) is 5.91 Å². The van der Waals surface area contributed by atoms with Crippen LogP contribution in [0.2, 0.25) is 0 Å². The molecule has 140 valence electrons. The Hall–Kier alpha value is -2.12. The number of methoxy groups -OCH3 is 1. The Balaban J connectivity index is 1.86. The first kappa shape index (κ1) is 20.2. The Labute approximate surface area is 163 Å². The second kappa shape index (κ2) is 10.1. The maximum Gasteiger partial charge on any atom is 0.267 e. The minimum absolute atomic E-state index is 0.205. The van der Waals surface area contributed by atoms with Gasteiger partial charge in [0.2, 0.25) is 0 Å². The largest absolute Gasteiger partial charge is 0.493 e. The van der Waals surface area contributed by atoms with Crippen molar-refractivity contribution in [1.82, 2.24) is 10.6 Å². The van der Waals surface area contributed by atoms with Crippen LogP contribution in [0.25, 0.3) is 0 Å². The third-order valence-electron chi connectivity index (χ3n) is 3.61. The third-order valence-corrected chi connectivity index (χ3v) is 4.72. The summed E-state index contributed by atoms with van der Waals surface area (Å²) in [5.74, 6) is 1.80. The van der Waals surface area contributed by atoms with Crippen molar-refractivity contribution in [2.24, 2.45) is 5.92 Å². The number of rotatable bonds is 8. The van der Waals surface area contributed by atoms with Gasteiger partial charge in [-0.15, -0.1) is 11.3 Å². The van der Waals surface area contributed by atoms with Gasteiger partial charge in [-0.25, -0.2) is 0 Å². The first-order valence-corrected chi connectivity index (χ1v) is 9.70. The number of thiophene rings is 1. The van der Waals surface area contributed by atoms with E-state index in [4.69, 9.17) is 21.7 Å². The van der Waals surface area contributed by atoms with E-state index in [0.29, 0.717) is 34.8 Å². The number of amides is 1. The SMILES string of the molecule is COc1cc(CNC(=S)NC(=O)c2cccs2)ccc1OCCC(C)C. The average Bonchev–Trinajstić information content (AvgIpc) is 3.15. The Kier molecular flexibility index (Phi) is 7.87. The Bertz CT molecular complexity index is 730. The van der Waals surface area contributed by atoms with Gasteiger partial charge in [-0.05, 0) is 53.7 Å². The molecular weight excluding hydrogens is 368 g/mol. The Morgan fingerprint density at radius 1 is 1.27 bits per heavy atom. The Morgan fingerprint density at radius 2 is 2.08 bits per heavy atom. The number of thiocarbonyl (C=S) groups is 1. The molecule has 0 unspecified atom stereocenters. The van der Waals surface area contributed by atoms with Gasteiger partial charge < -0.3 is 14.8 Å². The van der Waals surface area contributed by atoms with Crippen LogP contribution in [0.3, 0.4) is 0 Å². The zero-order valence-electron chi connectivity index (χ0n) is 15.2. The van der Waals surface area contributed by atoms with Crippen LogP contribution in [0.4, 0.5) is 0 Å². The van der Waals surface area contributed by atoms with Crippen molar-refractivity contribution >= 4 is 34.6 Å². The molecule has 2 N–H and O–H groups in total. The maximum absolute atomic E-state index is 12.0. The molecule has 0 fully saturated rings. The van der Waals surface area contributed by atoms with Crippen LogP contribution in [-0.2, 0) is 6.54 Å².